The molecule has 0 aliphatic rings. The molecule has 1 rings (SSSR count). The number of alkyl halides is 3. The Morgan fingerprint density at radius 1 is 1.17 bits per heavy atom. The summed E-state index contributed by atoms with van der Waals surface area (Å²) in [7, 11) is 0. The lowest BCUT2D eigenvalue weighted by Gasteiger charge is -2.28. The molecule has 1 amide bonds. The van der Waals surface area contributed by atoms with E-state index in [0.29, 0.717) is 15.7 Å². The Balaban J connectivity index is 2.81. The summed E-state index contributed by atoms with van der Waals surface area (Å²) in [5, 5.41) is 9.12. The molecule has 0 aromatic heterocycles. The van der Waals surface area contributed by atoms with Crippen LogP contribution in [0.25, 0.3) is 0 Å². The van der Waals surface area contributed by atoms with Crippen LogP contribution >= 0.6 is 70.2 Å². The van der Waals surface area contributed by atoms with Gasteiger partial charge in [0.1, 0.15) is 6.17 Å². The molecule has 0 spiro atoms. The maximum atomic E-state index is 11.8. The second-order valence-electron chi connectivity index (χ2n) is 4.86. The van der Waals surface area contributed by atoms with Crippen LogP contribution in [-0.4, -0.2) is 21.0 Å². The van der Waals surface area contributed by atoms with Crippen LogP contribution in [0, 0.1) is 5.92 Å². The number of rotatable bonds is 4. The third-order valence-corrected chi connectivity index (χ3v) is 4.03. The molecule has 0 fully saturated rings. The largest absolute Gasteiger partial charge is 0.339 e. The minimum Gasteiger partial charge on any atom is -0.339 e. The van der Waals surface area contributed by atoms with Crippen molar-refractivity contribution < 1.29 is 4.79 Å². The molecule has 4 nitrogen and oxygen atoms in total. The number of benzene rings is 1. The average molecular weight is 438 g/mol. The lowest BCUT2D eigenvalue weighted by atomic mass is 10.2. The van der Waals surface area contributed by atoms with Crippen LogP contribution in [0.3, 0.4) is 0 Å². The van der Waals surface area contributed by atoms with Gasteiger partial charge in [-0.25, -0.2) is 0 Å². The molecule has 0 bridgehead atoms. The molecule has 0 radical (unpaired) electrons. The van der Waals surface area contributed by atoms with Gasteiger partial charge < -0.3 is 16.0 Å². The van der Waals surface area contributed by atoms with Gasteiger partial charge >= 0.3 is 0 Å². The van der Waals surface area contributed by atoms with Gasteiger partial charge in [0.05, 0.1) is 10.7 Å². The normalized spacial score (nSPS) is 12.7. The summed E-state index contributed by atoms with van der Waals surface area (Å²) < 4.78 is -1.81. The van der Waals surface area contributed by atoms with E-state index in [9.17, 15) is 4.79 Å². The standard InChI is InChI=1S/C13H14Cl5N3OS/c1-6(2)10(22)20-11(13(16,17)18)21-12(23)19-9-5-7(14)3-4-8(9)15/h3-6,11H,1-2H3,(H,20,22)(H2,19,21,23)/t11-/m0/s1. The van der Waals surface area contributed by atoms with Gasteiger partial charge in [-0.1, -0.05) is 71.9 Å². The van der Waals surface area contributed by atoms with Crippen LogP contribution in [0.4, 0.5) is 5.69 Å². The topological polar surface area (TPSA) is 53.2 Å². The zero-order chi connectivity index (χ0) is 17.8. The van der Waals surface area contributed by atoms with E-state index in [1.165, 1.54) is 0 Å². The zero-order valence-electron chi connectivity index (χ0n) is 12.1. The molecule has 1 atom stereocenters. The average Bonchev–Trinajstić information content (AvgIpc) is 2.40. The number of carbonyl (C=O) groups excluding carboxylic acids is 1. The van der Waals surface area contributed by atoms with Crippen molar-refractivity contribution in [2.24, 2.45) is 5.92 Å². The molecule has 0 saturated heterocycles. The van der Waals surface area contributed by atoms with Crippen LogP contribution in [0.15, 0.2) is 18.2 Å². The van der Waals surface area contributed by atoms with Crippen molar-refractivity contribution in [2.75, 3.05) is 5.32 Å². The van der Waals surface area contributed by atoms with Crippen LogP contribution in [0.5, 0.6) is 0 Å². The van der Waals surface area contributed by atoms with Crippen LogP contribution in [-0.2, 0) is 4.79 Å². The van der Waals surface area contributed by atoms with Crippen molar-refractivity contribution in [1.29, 1.82) is 0 Å². The molecule has 0 heterocycles. The molecule has 3 N–H and O–H groups in total. The van der Waals surface area contributed by atoms with Crippen molar-refractivity contribution in [1.82, 2.24) is 10.6 Å². The highest BCUT2D eigenvalue weighted by atomic mass is 35.6. The third kappa shape index (κ3) is 7.08. The Hall–Kier alpha value is -0.170. The number of anilines is 1. The van der Waals surface area contributed by atoms with E-state index >= 15 is 0 Å². The Bertz CT molecular complexity index is 591. The lowest BCUT2D eigenvalue weighted by molar-refractivity contribution is -0.124. The maximum Gasteiger partial charge on any atom is 0.228 e. The van der Waals surface area contributed by atoms with E-state index in [1.54, 1.807) is 32.0 Å². The lowest BCUT2D eigenvalue weighted by Crippen LogP contribution is -2.56. The minimum atomic E-state index is -1.81. The van der Waals surface area contributed by atoms with Crippen molar-refractivity contribution in [3.8, 4) is 0 Å². The summed E-state index contributed by atoms with van der Waals surface area (Å²) in [5.41, 5.74) is 0.481. The zero-order valence-corrected chi connectivity index (χ0v) is 16.7. The fourth-order valence-corrected chi connectivity index (χ4v) is 2.28. The van der Waals surface area contributed by atoms with Crippen molar-refractivity contribution in [3.05, 3.63) is 28.2 Å². The fraction of sp³-hybridized carbons (Fsp3) is 0.385. The highest BCUT2D eigenvalue weighted by Crippen LogP contribution is 2.30. The van der Waals surface area contributed by atoms with E-state index in [2.05, 4.69) is 16.0 Å². The van der Waals surface area contributed by atoms with Gasteiger partial charge in [-0.3, -0.25) is 4.79 Å². The second kappa shape index (κ2) is 8.79. The molecule has 128 valence electrons. The van der Waals surface area contributed by atoms with Gasteiger partial charge in [0.2, 0.25) is 9.70 Å². The molecule has 1 aromatic carbocycles. The Morgan fingerprint density at radius 3 is 2.30 bits per heavy atom. The summed E-state index contributed by atoms with van der Waals surface area (Å²) in [5.74, 6) is -0.576. The number of carbonyl (C=O) groups is 1. The highest BCUT2D eigenvalue weighted by Gasteiger charge is 2.35. The first kappa shape index (κ1) is 20.9. The first-order valence-electron chi connectivity index (χ1n) is 6.40. The third-order valence-electron chi connectivity index (χ3n) is 2.59. The quantitative estimate of drug-likeness (QED) is 0.362. The van der Waals surface area contributed by atoms with Gasteiger partial charge in [-0.05, 0) is 30.4 Å². The van der Waals surface area contributed by atoms with Crippen LogP contribution in [0.1, 0.15) is 13.8 Å². The molecule has 1 aromatic rings. The van der Waals surface area contributed by atoms with Crippen molar-refractivity contribution in [3.63, 3.8) is 0 Å². The monoisotopic (exact) mass is 435 g/mol. The highest BCUT2D eigenvalue weighted by molar-refractivity contribution is 7.80. The summed E-state index contributed by atoms with van der Waals surface area (Å²) in [6.07, 6.45) is -1.03. The number of halogens is 5. The summed E-state index contributed by atoms with van der Waals surface area (Å²) in [6, 6.07) is 4.84. The maximum absolute atomic E-state index is 11.8. The van der Waals surface area contributed by atoms with Crippen molar-refractivity contribution >= 4 is 86.9 Å². The molecule has 10 heteroatoms. The van der Waals surface area contributed by atoms with E-state index < -0.39 is 9.96 Å². The van der Waals surface area contributed by atoms with E-state index in [0.717, 1.165) is 0 Å². The second-order valence-corrected chi connectivity index (χ2v) is 8.48. The molecular formula is C13H14Cl5N3OS. The van der Waals surface area contributed by atoms with E-state index in [4.69, 9.17) is 70.2 Å². The first-order chi connectivity index (χ1) is 10.5. The number of thiocarbonyl (C=S) groups is 1. The summed E-state index contributed by atoms with van der Waals surface area (Å²) in [6.45, 7) is 3.43. The summed E-state index contributed by atoms with van der Waals surface area (Å²) in [4.78, 5) is 11.8. The molecule has 0 unspecified atom stereocenters. The number of nitrogens with one attached hydrogen (secondary N) is 3. The first-order valence-corrected chi connectivity index (χ1v) is 8.70. The smallest absolute Gasteiger partial charge is 0.228 e. The van der Waals surface area contributed by atoms with Gasteiger partial charge in [0.15, 0.2) is 5.11 Å². The molecule has 0 aliphatic carbocycles. The van der Waals surface area contributed by atoms with E-state index in [-0.39, 0.29) is 16.9 Å². The van der Waals surface area contributed by atoms with Crippen molar-refractivity contribution in [2.45, 2.75) is 23.8 Å². The predicted molar refractivity (Wildman–Crippen MR) is 103 cm³/mol. The Kier molecular flexibility index (Phi) is 7.98. The number of amides is 1. The van der Waals surface area contributed by atoms with Gasteiger partial charge in [-0.2, -0.15) is 0 Å². The number of hydrogen-bond donors (Lipinski definition) is 3. The number of hydrogen-bond acceptors (Lipinski definition) is 2. The van der Waals surface area contributed by atoms with E-state index in [1.807, 2.05) is 0 Å². The minimum absolute atomic E-state index is 0.106. The van der Waals surface area contributed by atoms with Gasteiger partial charge in [0, 0.05) is 10.9 Å². The van der Waals surface area contributed by atoms with Gasteiger partial charge in [-0.15, -0.1) is 0 Å². The predicted octanol–water partition coefficient (Wildman–Crippen LogP) is 4.75. The molecule has 0 aliphatic heterocycles. The van der Waals surface area contributed by atoms with Crippen LogP contribution in [0.2, 0.25) is 10.0 Å². The van der Waals surface area contributed by atoms with Gasteiger partial charge in [0.25, 0.3) is 0 Å². The SMILES string of the molecule is CC(C)C(=O)N[C@@H](NC(=S)Nc1cc(Cl)ccc1Cl)C(Cl)(Cl)Cl. The Labute approximate surface area is 165 Å². The summed E-state index contributed by atoms with van der Waals surface area (Å²) >= 11 is 34.7. The fourth-order valence-electron chi connectivity index (χ4n) is 1.39. The molecule has 0 saturated carbocycles. The molecular weight excluding hydrogens is 423 g/mol. The molecule has 23 heavy (non-hydrogen) atoms. The Morgan fingerprint density at radius 2 is 1.78 bits per heavy atom. The van der Waals surface area contributed by atoms with Crippen LogP contribution < -0.4 is 16.0 Å².